The molecule has 1 aromatic heterocycles. The fraction of sp³-hybridized carbons (Fsp3) is 0.250. The van der Waals surface area contributed by atoms with Crippen molar-refractivity contribution in [1.82, 2.24) is 9.88 Å². The Kier molecular flexibility index (Phi) is 4.85. The van der Waals surface area contributed by atoms with Crippen LogP contribution in [-0.2, 0) is 18.3 Å². The molecule has 124 valence electrons. The molecule has 2 aromatic carbocycles. The monoisotopic (exact) mass is 322 g/mol. The molecule has 1 heterocycles. The molecule has 24 heavy (non-hydrogen) atoms. The van der Waals surface area contributed by atoms with Crippen LogP contribution in [0.2, 0.25) is 0 Å². The highest BCUT2D eigenvalue weighted by molar-refractivity contribution is 5.85. The third-order valence-corrected chi connectivity index (χ3v) is 4.34. The number of ether oxygens (including phenoxy) is 1. The van der Waals surface area contributed by atoms with Gasteiger partial charge in [-0.1, -0.05) is 36.4 Å². The van der Waals surface area contributed by atoms with Crippen molar-refractivity contribution in [2.24, 2.45) is 7.05 Å². The van der Waals surface area contributed by atoms with Crippen LogP contribution in [0.5, 0.6) is 5.75 Å². The zero-order chi connectivity index (χ0) is 16.9. The van der Waals surface area contributed by atoms with Crippen LogP contribution in [-0.4, -0.2) is 23.6 Å². The summed E-state index contributed by atoms with van der Waals surface area (Å²) in [6.07, 6.45) is 0.810. The molecule has 4 nitrogen and oxygen atoms in total. The summed E-state index contributed by atoms with van der Waals surface area (Å²) in [7, 11) is 2.08. The number of rotatable bonds is 6. The van der Waals surface area contributed by atoms with Crippen molar-refractivity contribution in [3.8, 4) is 5.75 Å². The summed E-state index contributed by atoms with van der Waals surface area (Å²) in [5.41, 5.74) is 3.76. The predicted octanol–water partition coefficient (Wildman–Crippen LogP) is 3.22. The lowest BCUT2D eigenvalue weighted by molar-refractivity contribution is -0.123. The van der Waals surface area contributed by atoms with E-state index >= 15 is 0 Å². The van der Waals surface area contributed by atoms with E-state index < -0.39 is 0 Å². The minimum atomic E-state index is -0.100. The molecular weight excluding hydrogens is 300 g/mol. The van der Waals surface area contributed by atoms with Crippen molar-refractivity contribution in [1.29, 1.82) is 0 Å². The summed E-state index contributed by atoms with van der Waals surface area (Å²) in [6, 6.07) is 17.7. The topological polar surface area (TPSA) is 43.3 Å². The van der Waals surface area contributed by atoms with Gasteiger partial charge in [0.2, 0.25) is 0 Å². The first-order valence-corrected chi connectivity index (χ1v) is 8.14. The van der Waals surface area contributed by atoms with E-state index in [0.29, 0.717) is 12.3 Å². The van der Waals surface area contributed by atoms with E-state index in [1.54, 1.807) is 0 Å². The standard InChI is InChI=1S/C20H22N2O2/c1-15-17(18-10-6-7-11-19(18)22(15)2)12-13-21-20(23)14-24-16-8-4-3-5-9-16/h3-11H,12-14H2,1-2H3,(H,21,23). The Balaban J connectivity index is 1.55. The summed E-state index contributed by atoms with van der Waals surface area (Å²) >= 11 is 0. The van der Waals surface area contributed by atoms with Crippen molar-refractivity contribution in [2.75, 3.05) is 13.2 Å². The quantitative estimate of drug-likeness (QED) is 0.757. The normalized spacial score (nSPS) is 10.8. The van der Waals surface area contributed by atoms with Crippen LogP contribution in [0.3, 0.4) is 0 Å². The summed E-state index contributed by atoms with van der Waals surface area (Å²) in [6.45, 7) is 2.76. The molecule has 0 bridgehead atoms. The van der Waals surface area contributed by atoms with Gasteiger partial charge < -0.3 is 14.6 Å². The number of para-hydroxylation sites is 2. The zero-order valence-corrected chi connectivity index (χ0v) is 14.1. The molecule has 3 aromatic rings. The molecule has 0 fully saturated rings. The summed E-state index contributed by atoms with van der Waals surface area (Å²) < 4.78 is 7.65. The smallest absolute Gasteiger partial charge is 0.257 e. The maximum atomic E-state index is 11.9. The van der Waals surface area contributed by atoms with Gasteiger partial charge in [0.25, 0.3) is 5.91 Å². The van der Waals surface area contributed by atoms with Crippen LogP contribution in [0.15, 0.2) is 54.6 Å². The fourth-order valence-electron chi connectivity index (χ4n) is 2.96. The fourth-order valence-corrected chi connectivity index (χ4v) is 2.96. The number of hydrogen-bond acceptors (Lipinski definition) is 2. The Bertz CT molecular complexity index is 837. The second-order valence-electron chi connectivity index (χ2n) is 5.84. The number of benzene rings is 2. The van der Waals surface area contributed by atoms with E-state index in [-0.39, 0.29) is 12.5 Å². The number of hydrogen-bond donors (Lipinski definition) is 1. The Hall–Kier alpha value is -2.75. The molecule has 0 atom stereocenters. The minimum Gasteiger partial charge on any atom is -0.484 e. The molecule has 0 saturated heterocycles. The molecule has 4 heteroatoms. The van der Waals surface area contributed by atoms with Gasteiger partial charge in [0.1, 0.15) is 5.75 Å². The first-order valence-electron chi connectivity index (χ1n) is 8.14. The summed E-state index contributed by atoms with van der Waals surface area (Å²) in [5, 5.41) is 4.19. The van der Waals surface area contributed by atoms with E-state index in [1.807, 2.05) is 36.4 Å². The summed E-state index contributed by atoms with van der Waals surface area (Å²) in [4.78, 5) is 11.9. The zero-order valence-electron chi connectivity index (χ0n) is 14.1. The largest absolute Gasteiger partial charge is 0.484 e. The molecule has 1 amide bonds. The Morgan fingerprint density at radius 3 is 2.58 bits per heavy atom. The van der Waals surface area contributed by atoms with Crippen LogP contribution in [0.25, 0.3) is 10.9 Å². The van der Waals surface area contributed by atoms with Gasteiger partial charge in [-0.25, -0.2) is 0 Å². The minimum absolute atomic E-state index is 0.0402. The van der Waals surface area contributed by atoms with Crippen LogP contribution in [0.1, 0.15) is 11.3 Å². The van der Waals surface area contributed by atoms with Crippen LogP contribution >= 0.6 is 0 Å². The number of aromatic nitrogens is 1. The maximum Gasteiger partial charge on any atom is 0.257 e. The second-order valence-corrected chi connectivity index (χ2v) is 5.84. The van der Waals surface area contributed by atoms with Gasteiger partial charge in [0, 0.05) is 30.2 Å². The van der Waals surface area contributed by atoms with Crippen molar-refractivity contribution in [3.63, 3.8) is 0 Å². The average Bonchev–Trinajstić information content (AvgIpc) is 2.86. The third-order valence-electron chi connectivity index (χ3n) is 4.34. The number of nitrogens with zero attached hydrogens (tertiary/aromatic N) is 1. The molecule has 0 aliphatic heterocycles. The van der Waals surface area contributed by atoms with Crippen LogP contribution in [0.4, 0.5) is 0 Å². The predicted molar refractivity (Wildman–Crippen MR) is 96.3 cm³/mol. The highest BCUT2D eigenvalue weighted by atomic mass is 16.5. The van der Waals surface area contributed by atoms with Gasteiger partial charge >= 0.3 is 0 Å². The highest BCUT2D eigenvalue weighted by Crippen LogP contribution is 2.24. The Labute approximate surface area is 142 Å². The van der Waals surface area contributed by atoms with Crippen LogP contribution < -0.4 is 10.1 Å². The van der Waals surface area contributed by atoms with E-state index in [9.17, 15) is 4.79 Å². The molecule has 0 saturated carbocycles. The van der Waals surface area contributed by atoms with Crippen molar-refractivity contribution in [3.05, 3.63) is 65.9 Å². The van der Waals surface area contributed by atoms with E-state index in [4.69, 9.17) is 4.74 Å². The highest BCUT2D eigenvalue weighted by Gasteiger charge is 2.11. The molecule has 0 aliphatic carbocycles. The van der Waals surface area contributed by atoms with Crippen LogP contribution in [0, 0.1) is 6.92 Å². The van der Waals surface area contributed by atoms with Gasteiger partial charge in [-0.2, -0.15) is 0 Å². The first-order chi connectivity index (χ1) is 11.7. The number of nitrogens with one attached hydrogen (secondary N) is 1. The van der Waals surface area contributed by atoms with Gasteiger partial charge in [-0.15, -0.1) is 0 Å². The lowest BCUT2D eigenvalue weighted by Gasteiger charge is -2.08. The average molecular weight is 322 g/mol. The number of aryl methyl sites for hydroxylation is 1. The second kappa shape index (κ2) is 7.21. The van der Waals surface area contributed by atoms with Gasteiger partial charge in [-0.05, 0) is 37.1 Å². The molecule has 0 aliphatic rings. The number of carbonyl (C=O) groups excluding carboxylic acids is 1. The van der Waals surface area contributed by atoms with Gasteiger partial charge in [0.15, 0.2) is 6.61 Å². The first kappa shape index (κ1) is 16.1. The molecule has 3 rings (SSSR count). The molecular formula is C20H22N2O2. The van der Waals surface area contributed by atoms with Crippen molar-refractivity contribution >= 4 is 16.8 Å². The van der Waals surface area contributed by atoms with Crippen molar-refractivity contribution in [2.45, 2.75) is 13.3 Å². The Morgan fingerprint density at radius 2 is 1.79 bits per heavy atom. The molecule has 0 unspecified atom stereocenters. The molecule has 1 N–H and O–H groups in total. The third kappa shape index (κ3) is 3.43. The SMILES string of the molecule is Cc1c(CCNC(=O)COc2ccccc2)c2ccccc2n1C. The molecule has 0 spiro atoms. The van der Waals surface area contributed by atoms with Gasteiger partial charge in [-0.3, -0.25) is 4.79 Å². The summed E-state index contributed by atoms with van der Waals surface area (Å²) in [5.74, 6) is 0.606. The van der Waals surface area contributed by atoms with Crippen molar-refractivity contribution < 1.29 is 9.53 Å². The Morgan fingerprint density at radius 1 is 1.08 bits per heavy atom. The number of amides is 1. The van der Waals surface area contributed by atoms with E-state index in [2.05, 4.69) is 42.1 Å². The van der Waals surface area contributed by atoms with E-state index in [0.717, 1.165) is 6.42 Å². The lowest BCUT2D eigenvalue weighted by Crippen LogP contribution is -2.30. The van der Waals surface area contributed by atoms with E-state index in [1.165, 1.54) is 22.2 Å². The lowest BCUT2D eigenvalue weighted by atomic mass is 10.1. The van der Waals surface area contributed by atoms with Gasteiger partial charge in [0.05, 0.1) is 0 Å². The number of fused-ring (bicyclic) bond motifs is 1. The molecule has 0 radical (unpaired) electrons. The number of carbonyl (C=O) groups is 1. The maximum absolute atomic E-state index is 11.9.